The van der Waals surface area contributed by atoms with Gasteiger partial charge in [0.2, 0.25) is 0 Å². The average molecular weight is 1080 g/mol. The molecule has 9 heteroatoms. The molecular weight excluding hydrogens is 1030 g/mol. The molecule has 0 saturated carbocycles. The van der Waals surface area contributed by atoms with Crippen LogP contribution in [0.2, 0.25) is 0 Å². The second-order valence-electron chi connectivity index (χ2n) is 16.3. The molecule has 5 heterocycles. The van der Waals surface area contributed by atoms with Crippen LogP contribution >= 0.6 is 0 Å². The summed E-state index contributed by atoms with van der Waals surface area (Å²) in [6.45, 7) is -0.117. The Morgan fingerprint density at radius 1 is 0.594 bits per heavy atom. The summed E-state index contributed by atoms with van der Waals surface area (Å²) in [5.41, 5.74) is 6.86. The molecule has 9 aromatic carbocycles. The molecule has 0 N–H and O–H groups in total. The molecule has 3 aromatic heterocycles. The third kappa shape index (κ3) is 6.55. The molecule has 7 nitrogen and oxygen atoms in total. The third-order valence-electron chi connectivity index (χ3n) is 12.5. The predicted octanol–water partition coefficient (Wildman–Crippen LogP) is 11.7. The normalized spacial score (nSPS) is 14.2. The first-order valence-corrected chi connectivity index (χ1v) is 21.8. The van der Waals surface area contributed by atoms with E-state index in [4.69, 9.17) is 32.9 Å². The summed E-state index contributed by atoms with van der Waals surface area (Å²) in [4.78, 5) is 4.92. The number of fused-ring (bicyclic) bond motifs is 9. The van der Waals surface area contributed by atoms with Gasteiger partial charge in [-0.05, 0) is 63.1 Å². The summed E-state index contributed by atoms with van der Waals surface area (Å²) >= 11 is 0. The molecule has 0 spiro atoms. The van der Waals surface area contributed by atoms with Gasteiger partial charge in [0.25, 0.3) is 13.0 Å². The van der Waals surface area contributed by atoms with Crippen molar-refractivity contribution in [1.29, 1.82) is 0 Å². The van der Waals surface area contributed by atoms with Gasteiger partial charge in [0.15, 0.2) is 0 Å². The molecule has 0 aliphatic carbocycles. The topological polar surface area (TPSA) is 54.3 Å². The van der Waals surface area contributed by atoms with Crippen molar-refractivity contribution >= 4 is 56.1 Å². The van der Waals surface area contributed by atoms with E-state index in [1.807, 2.05) is 77.4 Å². The van der Waals surface area contributed by atoms with Gasteiger partial charge in [0.05, 0.1) is 41.3 Å². The quantitative estimate of drug-likeness (QED) is 0.0907. The summed E-state index contributed by atoms with van der Waals surface area (Å²) in [7, 11) is 0. The minimum Gasteiger partial charge on any atom is -0.510 e. The largest absolute Gasteiger partial charge is 0.510 e. The molecule has 0 unspecified atom stereocenters. The van der Waals surface area contributed by atoms with Gasteiger partial charge in [-0.15, -0.1) is 30.3 Å². The number of nitrogens with zero attached hydrogens (tertiary/aromatic N) is 4. The Labute approximate surface area is 426 Å². The van der Waals surface area contributed by atoms with Gasteiger partial charge in [0, 0.05) is 55.7 Å². The number of imidazole rings is 1. The van der Waals surface area contributed by atoms with Crippen LogP contribution in [0.4, 0.5) is 0 Å². The van der Waals surface area contributed by atoms with Gasteiger partial charge in [-0.25, -0.2) is 4.98 Å². The van der Waals surface area contributed by atoms with Gasteiger partial charge >= 0.3 is 0 Å². The van der Waals surface area contributed by atoms with E-state index < -0.39 is 60.4 Å². The Morgan fingerprint density at radius 2 is 1.22 bits per heavy atom. The fourth-order valence-electron chi connectivity index (χ4n) is 9.73. The maximum atomic E-state index is 9.04. The van der Waals surface area contributed by atoms with Crippen molar-refractivity contribution in [1.82, 2.24) is 14.1 Å². The van der Waals surface area contributed by atoms with Crippen LogP contribution in [-0.4, -0.2) is 20.8 Å². The molecule has 0 saturated heterocycles. The molecule has 0 atom stereocenters. The Hall–Kier alpha value is -8.45. The van der Waals surface area contributed by atoms with Crippen molar-refractivity contribution in [3.05, 3.63) is 231 Å². The average Bonchev–Trinajstić information content (AvgIpc) is 4.16. The molecule has 14 rings (SSSR count). The maximum absolute atomic E-state index is 9.04. The van der Waals surface area contributed by atoms with Gasteiger partial charge in [0.1, 0.15) is 28.6 Å². The summed E-state index contributed by atoms with van der Waals surface area (Å²) in [5, 5.41) is 1.76. The van der Waals surface area contributed by atoms with Crippen LogP contribution in [0.25, 0.3) is 72.3 Å². The number of ether oxygens (including phenoxy) is 3. The smallest absolute Gasteiger partial charge is 0.268 e. The minimum absolute atomic E-state index is 0. The Morgan fingerprint density at radius 3 is 1.94 bits per heavy atom. The van der Waals surface area contributed by atoms with Crippen molar-refractivity contribution in [2.45, 2.75) is 0 Å². The molecule has 0 fully saturated rings. The van der Waals surface area contributed by atoms with Crippen LogP contribution in [0.1, 0.15) is 13.7 Å². The number of rotatable bonds is 7. The zero-order valence-corrected chi connectivity index (χ0v) is 38.1. The molecule has 12 aromatic rings. The van der Waals surface area contributed by atoms with Crippen LogP contribution in [0.5, 0.6) is 34.5 Å². The standard InChI is InChI=1S/C60H35BN4O3.Pt/c1-3-17-39(18-4-1)45-25-15-26-46(40-19-5-2-6-20-40)58(45)64-38-63(50-30-9-10-31-51(50)64)41-21-13-23-43(35-41)66-44-24-14-22-42(36-44)65-52-37-55-57-59(56(52)47-27-16-34-62-60(47)65)68-54-33-12-8-29-49(54)61(57)48-28-7-11-32-53(48)67-55;/h1-34,37H;/q-2;/i1D,2D,3D,4D,5D,6D,17D,18D,19D,20D;. The summed E-state index contributed by atoms with van der Waals surface area (Å²) in [6, 6.07) is 46.7. The number of aromatic nitrogens is 4. The van der Waals surface area contributed by atoms with Crippen LogP contribution < -0.4 is 35.2 Å². The zero-order chi connectivity index (χ0) is 53.4. The molecule has 2 aliphatic heterocycles. The zero-order valence-electron chi connectivity index (χ0n) is 45.8. The van der Waals surface area contributed by atoms with Gasteiger partial charge < -0.3 is 23.3 Å². The van der Waals surface area contributed by atoms with Crippen molar-refractivity contribution in [2.24, 2.45) is 0 Å². The summed E-state index contributed by atoms with van der Waals surface area (Å²) < 4.78 is 113. The summed E-state index contributed by atoms with van der Waals surface area (Å²) in [6.07, 6.45) is 5.16. The van der Waals surface area contributed by atoms with E-state index in [1.165, 1.54) is 0 Å². The third-order valence-corrected chi connectivity index (χ3v) is 12.5. The Balaban J connectivity index is 0.00000591. The molecule has 2 aliphatic rings. The Kier molecular flexibility index (Phi) is 7.49. The van der Waals surface area contributed by atoms with Crippen molar-refractivity contribution in [3.63, 3.8) is 0 Å². The van der Waals surface area contributed by atoms with Gasteiger partial charge in [-0.3, -0.25) is 4.57 Å². The number of benzene rings is 9. The van der Waals surface area contributed by atoms with Crippen LogP contribution in [0.3, 0.4) is 0 Å². The fourth-order valence-corrected chi connectivity index (χ4v) is 9.73. The van der Waals surface area contributed by atoms with E-state index in [2.05, 4.69) is 36.7 Å². The van der Waals surface area contributed by atoms with Crippen molar-refractivity contribution in [2.75, 3.05) is 0 Å². The molecular formula is C60H35BN4O3Pt-2. The van der Waals surface area contributed by atoms with E-state index in [0.717, 1.165) is 44.2 Å². The Bertz CT molecular complexity index is 4450. The van der Waals surface area contributed by atoms with E-state index in [9.17, 15) is 0 Å². The number of hydrogen-bond donors (Lipinski definition) is 0. The first-order chi connectivity index (χ1) is 37.9. The molecule has 0 bridgehead atoms. The van der Waals surface area contributed by atoms with Crippen LogP contribution in [-0.2, 0) is 21.1 Å². The van der Waals surface area contributed by atoms with E-state index in [0.29, 0.717) is 51.1 Å². The first-order valence-electron chi connectivity index (χ1n) is 26.8. The number of hydrogen-bond acceptors (Lipinski definition) is 4. The number of para-hydroxylation sites is 5. The van der Waals surface area contributed by atoms with Crippen molar-refractivity contribution < 1.29 is 53.6 Å². The number of pyridine rings is 1. The van der Waals surface area contributed by atoms with E-state index >= 15 is 0 Å². The second-order valence-corrected chi connectivity index (χ2v) is 16.3. The molecule has 328 valence electrons. The monoisotopic (exact) mass is 1080 g/mol. The van der Waals surface area contributed by atoms with Crippen molar-refractivity contribution in [3.8, 4) is 73.8 Å². The maximum Gasteiger partial charge on any atom is 0.268 e. The van der Waals surface area contributed by atoms with Crippen LogP contribution in [0, 0.1) is 18.5 Å². The van der Waals surface area contributed by atoms with Gasteiger partial charge in [-0.2, -0.15) is 18.2 Å². The fraction of sp³-hybridized carbons (Fsp3) is 0. The second kappa shape index (κ2) is 16.4. The molecule has 0 radical (unpaired) electrons. The summed E-state index contributed by atoms with van der Waals surface area (Å²) in [5.74, 6) is 3.62. The molecule has 69 heavy (non-hydrogen) atoms. The SMILES string of the molecule is [2H]c1c([2H])c([2H])c(-c2cccc(-c3c([2H])c([2H])c([2H])c([2H])c3[2H])c2-[n+]2[c-]n(-c3[c-]c(Oc4[c-]c(-n5c6cc7c8c(c6c6cccnc65)Oc5ccccc5B8c5ccccc5O7)ccc4)ccc3)c3ccccc32)c([2H])c1[2H].[Pt]. The van der Waals surface area contributed by atoms with Crippen LogP contribution in [0.15, 0.2) is 212 Å². The minimum atomic E-state index is -0.581. The first kappa shape index (κ1) is 31.5. The van der Waals surface area contributed by atoms with E-state index in [-0.39, 0.29) is 55.7 Å². The van der Waals surface area contributed by atoms with E-state index in [1.54, 1.807) is 69.9 Å². The predicted molar refractivity (Wildman–Crippen MR) is 269 cm³/mol. The molecule has 0 amide bonds. The van der Waals surface area contributed by atoms with Gasteiger partial charge in [-0.1, -0.05) is 145 Å².